The summed E-state index contributed by atoms with van der Waals surface area (Å²) >= 11 is 6.37. The Hall–Kier alpha value is -3.31. The summed E-state index contributed by atoms with van der Waals surface area (Å²) in [5, 5.41) is 0.527. The van der Waals surface area contributed by atoms with Crippen molar-refractivity contribution in [2.75, 3.05) is 33.7 Å². The fraction of sp³-hybridized carbons (Fsp3) is 0.367. The van der Waals surface area contributed by atoms with Gasteiger partial charge < -0.3 is 23.8 Å². The molecular weight excluding hydrogens is 568 g/mol. The highest BCUT2D eigenvalue weighted by atomic mass is 35.5. The number of hydrogen-bond donors (Lipinski definition) is 1. The van der Waals surface area contributed by atoms with Gasteiger partial charge in [0.15, 0.2) is 11.5 Å². The molecule has 1 heterocycles. The normalized spacial score (nSPS) is 15.5. The second-order valence-electron chi connectivity index (χ2n) is 9.98. The number of nitrogens with zero attached hydrogens (tertiary/aromatic N) is 1. The van der Waals surface area contributed by atoms with Crippen LogP contribution in [-0.4, -0.2) is 58.9 Å². The van der Waals surface area contributed by atoms with Crippen molar-refractivity contribution in [3.05, 3.63) is 81.9 Å². The van der Waals surface area contributed by atoms with Crippen molar-refractivity contribution < 1.29 is 32.2 Å². The van der Waals surface area contributed by atoms with E-state index in [1.54, 1.807) is 60.5 Å². The summed E-state index contributed by atoms with van der Waals surface area (Å²) in [5.74, 6) is 1.53. The number of nitrogens with one attached hydrogen (secondary N) is 1. The predicted octanol–water partition coefficient (Wildman–Crippen LogP) is 4.59. The van der Waals surface area contributed by atoms with E-state index in [-0.39, 0.29) is 30.2 Å². The lowest BCUT2D eigenvalue weighted by molar-refractivity contribution is 0.0664. The molecule has 1 aliphatic carbocycles. The van der Waals surface area contributed by atoms with E-state index in [0.717, 1.165) is 16.7 Å². The summed E-state index contributed by atoms with van der Waals surface area (Å²) < 4.78 is 50.2. The van der Waals surface area contributed by atoms with Crippen molar-refractivity contribution in [1.29, 1.82) is 0 Å². The van der Waals surface area contributed by atoms with Gasteiger partial charge in [0.2, 0.25) is 16.8 Å². The van der Waals surface area contributed by atoms with Crippen LogP contribution in [0.2, 0.25) is 5.02 Å². The fourth-order valence-electron chi connectivity index (χ4n) is 5.07. The van der Waals surface area contributed by atoms with Gasteiger partial charge in [-0.25, -0.2) is 13.1 Å². The first-order valence-corrected chi connectivity index (χ1v) is 15.4. The minimum Gasteiger partial charge on any atom is -0.491 e. The minimum atomic E-state index is -3.61. The summed E-state index contributed by atoms with van der Waals surface area (Å²) in [6, 6.07) is 15.5. The molecule has 1 N–H and O–H groups in total. The molecule has 11 heteroatoms. The standard InChI is InChI=1S/C30H33ClN2O7S/c1-3-10-32-41(35,36)26-7-4-20-14-25(15-22(20)16-26)33(30(34)21-5-8-28-29(17-21)40-19-39-28)18-23-13-24(31)6-9-27(23)38-12-11-37-2/h4-9,13,16-17,25,32H,3,10-12,14-15,18-19H2,1-2H3. The van der Waals surface area contributed by atoms with Crippen molar-refractivity contribution in [3.63, 3.8) is 0 Å². The predicted molar refractivity (Wildman–Crippen MR) is 154 cm³/mol. The highest BCUT2D eigenvalue weighted by Crippen LogP contribution is 2.35. The molecule has 9 nitrogen and oxygen atoms in total. The first-order chi connectivity index (χ1) is 19.8. The van der Waals surface area contributed by atoms with Crippen LogP contribution in [0, 0.1) is 0 Å². The molecule has 1 unspecified atom stereocenters. The maximum atomic E-state index is 14.1. The Bertz CT molecular complexity index is 1530. The number of fused-ring (bicyclic) bond motifs is 2. The SMILES string of the molecule is CCCNS(=O)(=O)c1ccc2c(c1)CC(N(Cc1cc(Cl)ccc1OCCOC)C(=O)c1ccc3c(c1)OCO3)C2. The molecule has 1 atom stereocenters. The minimum absolute atomic E-state index is 0.109. The van der Waals surface area contributed by atoms with Crippen LogP contribution < -0.4 is 18.9 Å². The largest absolute Gasteiger partial charge is 0.491 e. The van der Waals surface area contributed by atoms with Gasteiger partial charge in [0.25, 0.3) is 5.91 Å². The lowest BCUT2D eigenvalue weighted by Gasteiger charge is -2.30. The molecule has 218 valence electrons. The van der Waals surface area contributed by atoms with E-state index in [1.165, 1.54) is 0 Å². The Labute approximate surface area is 245 Å². The zero-order chi connectivity index (χ0) is 29.0. The molecule has 0 saturated heterocycles. The Balaban J connectivity index is 1.46. The van der Waals surface area contributed by atoms with Crippen molar-refractivity contribution in [2.45, 2.75) is 43.7 Å². The third kappa shape index (κ3) is 6.62. The number of ether oxygens (including phenoxy) is 4. The number of carbonyl (C=O) groups is 1. The van der Waals surface area contributed by atoms with Crippen LogP contribution in [0.25, 0.3) is 0 Å². The zero-order valence-corrected chi connectivity index (χ0v) is 24.6. The number of hydrogen-bond acceptors (Lipinski definition) is 7. The van der Waals surface area contributed by atoms with Gasteiger partial charge in [-0.2, -0.15) is 0 Å². The van der Waals surface area contributed by atoms with Gasteiger partial charge in [0.05, 0.1) is 11.5 Å². The van der Waals surface area contributed by atoms with E-state index >= 15 is 0 Å². The van der Waals surface area contributed by atoms with Crippen molar-refractivity contribution >= 4 is 27.5 Å². The van der Waals surface area contributed by atoms with E-state index in [2.05, 4.69) is 4.72 Å². The van der Waals surface area contributed by atoms with Crippen LogP contribution in [0.15, 0.2) is 59.5 Å². The second kappa shape index (κ2) is 12.7. The average molecular weight is 601 g/mol. The lowest BCUT2D eigenvalue weighted by Crippen LogP contribution is -2.40. The number of benzene rings is 3. The molecule has 0 spiro atoms. The maximum absolute atomic E-state index is 14.1. The molecule has 0 bridgehead atoms. The number of rotatable bonds is 12. The molecule has 0 radical (unpaired) electrons. The van der Waals surface area contributed by atoms with Crippen LogP contribution >= 0.6 is 11.6 Å². The molecule has 1 aliphatic heterocycles. The summed E-state index contributed by atoms with van der Waals surface area (Å²) in [5.41, 5.74) is 3.13. The number of carbonyl (C=O) groups excluding carboxylic acids is 1. The Morgan fingerprint density at radius 2 is 1.83 bits per heavy atom. The van der Waals surface area contributed by atoms with Gasteiger partial charge >= 0.3 is 0 Å². The summed E-state index contributed by atoms with van der Waals surface area (Å²) in [7, 11) is -2.01. The van der Waals surface area contributed by atoms with E-state index in [0.29, 0.717) is 66.9 Å². The van der Waals surface area contributed by atoms with Gasteiger partial charge in [-0.3, -0.25) is 4.79 Å². The highest BCUT2D eigenvalue weighted by molar-refractivity contribution is 7.89. The first kappa shape index (κ1) is 29.2. The van der Waals surface area contributed by atoms with Crippen LogP contribution in [0.1, 0.15) is 40.4 Å². The van der Waals surface area contributed by atoms with Crippen LogP contribution in [0.3, 0.4) is 0 Å². The third-order valence-electron chi connectivity index (χ3n) is 7.17. The third-order valence-corrected chi connectivity index (χ3v) is 8.86. The summed E-state index contributed by atoms with van der Waals surface area (Å²) in [6.45, 7) is 3.39. The van der Waals surface area contributed by atoms with E-state index < -0.39 is 10.0 Å². The topological polar surface area (TPSA) is 103 Å². The molecule has 5 rings (SSSR count). The maximum Gasteiger partial charge on any atom is 0.254 e. The molecule has 41 heavy (non-hydrogen) atoms. The number of methoxy groups -OCH3 is 1. The van der Waals surface area contributed by atoms with Crippen molar-refractivity contribution in [1.82, 2.24) is 9.62 Å². The smallest absolute Gasteiger partial charge is 0.254 e. The highest BCUT2D eigenvalue weighted by Gasteiger charge is 2.33. The van der Waals surface area contributed by atoms with Gasteiger partial charge in [0, 0.05) is 42.4 Å². The van der Waals surface area contributed by atoms with Gasteiger partial charge in [-0.15, -0.1) is 0 Å². The number of sulfonamides is 1. The molecule has 1 amide bonds. The summed E-state index contributed by atoms with van der Waals surface area (Å²) in [6.07, 6.45) is 1.78. The molecule has 0 saturated carbocycles. The quantitative estimate of drug-likeness (QED) is 0.303. The van der Waals surface area contributed by atoms with Gasteiger partial charge in [-0.05, 0) is 78.9 Å². The summed E-state index contributed by atoms with van der Waals surface area (Å²) in [4.78, 5) is 16.1. The number of amides is 1. The van der Waals surface area contributed by atoms with Crippen LogP contribution in [0.4, 0.5) is 0 Å². The number of halogens is 1. The van der Waals surface area contributed by atoms with E-state index in [9.17, 15) is 13.2 Å². The van der Waals surface area contributed by atoms with Crippen molar-refractivity contribution in [2.24, 2.45) is 0 Å². The second-order valence-corrected chi connectivity index (χ2v) is 12.2. The Morgan fingerprint density at radius 1 is 1.02 bits per heavy atom. The van der Waals surface area contributed by atoms with Crippen LogP contribution in [0.5, 0.6) is 17.2 Å². The lowest BCUT2D eigenvalue weighted by atomic mass is 10.1. The van der Waals surface area contributed by atoms with Crippen LogP contribution in [-0.2, 0) is 34.1 Å². The monoisotopic (exact) mass is 600 g/mol. The zero-order valence-electron chi connectivity index (χ0n) is 23.0. The molecule has 3 aromatic rings. The Morgan fingerprint density at radius 3 is 2.63 bits per heavy atom. The molecule has 3 aromatic carbocycles. The van der Waals surface area contributed by atoms with E-state index in [1.807, 2.05) is 13.0 Å². The molecule has 2 aliphatic rings. The van der Waals surface area contributed by atoms with Gasteiger partial charge in [-0.1, -0.05) is 24.6 Å². The van der Waals surface area contributed by atoms with Gasteiger partial charge in [0.1, 0.15) is 12.4 Å². The molecule has 0 fully saturated rings. The average Bonchev–Trinajstić information content (AvgIpc) is 3.61. The van der Waals surface area contributed by atoms with Crippen molar-refractivity contribution in [3.8, 4) is 17.2 Å². The van der Waals surface area contributed by atoms with E-state index in [4.69, 9.17) is 30.5 Å². The molecule has 0 aromatic heterocycles. The molecular formula is C30H33ClN2O7S. The first-order valence-electron chi connectivity index (χ1n) is 13.5. The fourth-order valence-corrected chi connectivity index (χ4v) is 6.45. The Kier molecular flexibility index (Phi) is 9.03.